The van der Waals surface area contributed by atoms with Gasteiger partial charge in [-0.1, -0.05) is 96.8 Å². The van der Waals surface area contributed by atoms with Gasteiger partial charge >= 0.3 is 0 Å². The first-order valence-corrected chi connectivity index (χ1v) is 12.0. The predicted molar refractivity (Wildman–Crippen MR) is 117 cm³/mol. The van der Waals surface area contributed by atoms with Gasteiger partial charge in [-0.2, -0.15) is 0 Å². The molecule has 1 nitrogen and oxygen atoms in total. The van der Waals surface area contributed by atoms with Crippen LogP contribution in [0.2, 0.25) is 0 Å². The molecule has 0 bridgehead atoms. The Hall–Kier alpha value is 0.540. The van der Waals surface area contributed by atoms with Gasteiger partial charge < -0.3 is 16.9 Å². The molecule has 160 valence electrons. The van der Waals surface area contributed by atoms with E-state index in [0.717, 1.165) is 16.8 Å². The topological polar surface area (TPSA) is 0 Å². The van der Waals surface area contributed by atoms with Crippen LogP contribution in [0.25, 0.3) is 0 Å². The van der Waals surface area contributed by atoms with Crippen molar-refractivity contribution in [3.63, 3.8) is 0 Å². The molecule has 0 saturated heterocycles. The van der Waals surface area contributed by atoms with E-state index in [1.165, 1.54) is 116 Å². The molecule has 0 atom stereocenters. The van der Waals surface area contributed by atoms with Gasteiger partial charge in [0.15, 0.2) is 0 Å². The van der Waals surface area contributed by atoms with Crippen molar-refractivity contribution in [2.45, 2.75) is 116 Å². The van der Waals surface area contributed by atoms with Crippen LogP contribution in [0, 0.1) is 0 Å². The smallest absolute Gasteiger partial charge is 0.0794 e. The van der Waals surface area contributed by atoms with Gasteiger partial charge in [0.25, 0.3) is 0 Å². The maximum Gasteiger partial charge on any atom is 0.0794 e. The third-order valence-electron chi connectivity index (χ3n) is 5.51. The van der Waals surface area contributed by atoms with Gasteiger partial charge in [-0.3, -0.25) is 0 Å². The van der Waals surface area contributed by atoms with Crippen molar-refractivity contribution in [3.05, 3.63) is 0 Å². The molecular weight excluding hydrogens is 361 g/mol. The fraction of sp³-hybridized carbons (Fsp3) is 1.00. The highest BCUT2D eigenvalue weighted by Crippen LogP contribution is 2.14. The Bertz CT molecular complexity index is 257. The van der Waals surface area contributed by atoms with E-state index in [9.17, 15) is 0 Å². The summed E-state index contributed by atoms with van der Waals surface area (Å²) in [4.78, 5) is 0. The molecule has 0 aliphatic carbocycles. The minimum Gasteiger partial charge on any atom is -1.00 e. The zero-order valence-electron chi connectivity index (χ0n) is 18.3. The normalized spacial score (nSPS) is 11.5. The molecule has 0 saturated carbocycles. The molecule has 0 unspecified atom stereocenters. The molecule has 0 amide bonds. The third kappa shape index (κ3) is 22.6. The van der Waals surface area contributed by atoms with E-state index in [0.29, 0.717) is 0 Å². The highest BCUT2D eigenvalue weighted by molar-refractivity contribution is 6.17. The van der Waals surface area contributed by atoms with Crippen LogP contribution in [-0.2, 0) is 0 Å². The lowest BCUT2D eigenvalue weighted by atomic mass is 10.0. The second-order valence-corrected chi connectivity index (χ2v) is 9.11. The van der Waals surface area contributed by atoms with E-state index >= 15 is 0 Å². The van der Waals surface area contributed by atoms with Gasteiger partial charge in [0.05, 0.1) is 27.2 Å². The van der Waals surface area contributed by atoms with Gasteiger partial charge in [-0.05, 0) is 12.8 Å². The molecule has 0 heterocycles. The second-order valence-electron chi connectivity index (χ2n) is 8.73. The summed E-state index contributed by atoms with van der Waals surface area (Å²) in [6.45, 7) is 4.84. The van der Waals surface area contributed by atoms with Crippen molar-refractivity contribution in [2.24, 2.45) is 0 Å². The SMILES string of the molecule is CCCCCCCCCCCCCCCCCC[N+](C)(C)CCCCl.[Cl-]. The quantitative estimate of drug-likeness (QED) is 0.151. The first kappa shape index (κ1) is 28.7. The lowest BCUT2D eigenvalue weighted by Gasteiger charge is -2.29. The first-order valence-electron chi connectivity index (χ1n) is 11.5. The molecule has 0 aromatic rings. The zero-order chi connectivity index (χ0) is 18.6. The van der Waals surface area contributed by atoms with Crippen LogP contribution in [0.4, 0.5) is 0 Å². The summed E-state index contributed by atoms with van der Waals surface area (Å²) < 4.78 is 1.14. The summed E-state index contributed by atoms with van der Waals surface area (Å²) in [5.74, 6) is 0.806. The maximum atomic E-state index is 5.80. The molecule has 3 heteroatoms. The van der Waals surface area contributed by atoms with Crippen LogP contribution in [0.15, 0.2) is 0 Å². The van der Waals surface area contributed by atoms with E-state index in [1.54, 1.807) is 0 Å². The van der Waals surface area contributed by atoms with E-state index in [-0.39, 0.29) is 12.4 Å². The Kier molecular flexibility index (Phi) is 24.1. The summed E-state index contributed by atoms with van der Waals surface area (Å²) in [5, 5.41) is 0. The lowest BCUT2D eigenvalue weighted by Crippen LogP contribution is -3.00. The fourth-order valence-electron chi connectivity index (χ4n) is 3.69. The Morgan fingerprint density at radius 1 is 0.500 bits per heavy atom. The molecular formula is C23H49Cl2N. The summed E-state index contributed by atoms with van der Waals surface area (Å²) in [5.41, 5.74) is 0. The van der Waals surface area contributed by atoms with Crippen LogP contribution in [0.5, 0.6) is 0 Å². The maximum absolute atomic E-state index is 5.80. The largest absolute Gasteiger partial charge is 1.00 e. The average molecular weight is 411 g/mol. The summed E-state index contributed by atoms with van der Waals surface area (Å²) in [6, 6.07) is 0. The third-order valence-corrected chi connectivity index (χ3v) is 5.78. The predicted octanol–water partition coefficient (Wildman–Crippen LogP) is 4.96. The van der Waals surface area contributed by atoms with Crippen molar-refractivity contribution in [3.8, 4) is 0 Å². The van der Waals surface area contributed by atoms with Crippen LogP contribution in [0.3, 0.4) is 0 Å². The van der Waals surface area contributed by atoms with Crippen molar-refractivity contribution in [1.29, 1.82) is 0 Å². The van der Waals surface area contributed by atoms with Crippen LogP contribution in [-0.4, -0.2) is 37.5 Å². The number of hydrogen-bond donors (Lipinski definition) is 0. The summed E-state index contributed by atoms with van der Waals surface area (Å²) >= 11 is 5.80. The van der Waals surface area contributed by atoms with Crippen LogP contribution >= 0.6 is 11.6 Å². The number of quaternary nitrogens is 1. The van der Waals surface area contributed by atoms with Crippen LogP contribution < -0.4 is 12.4 Å². The monoisotopic (exact) mass is 409 g/mol. The highest BCUT2D eigenvalue weighted by Gasteiger charge is 2.12. The molecule has 0 radical (unpaired) electrons. The van der Waals surface area contributed by atoms with Crippen molar-refractivity contribution in [2.75, 3.05) is 33.1 Å². The van der Waals surface area contributed by atoms with Crippen molar-refractivity contribution in [1.82, 2.24) is 0 Å². The van der Waals surface area contributed by atoms with Gasteiger partial charge in [0.1, 0.15) is 0 Å². The number of hydrogen-bond acceptors (Lipinski definition) is 0. The molecule has 26 heavy (non-hydrogen) atoms. The van der Waals surface area contributed by atoms with Gasteiger partial charge in [-0.25, -0.2) is 0 Å². The molecule has 0 rings (SSSR count). The zero-order valence-corrected chi connectivity index (χ0v) is 19.9. The standard InChI is InChI=1S/C23H49ClN.ClH/c1-4-5-6-7-8-9-10-11-12-13-14-15-16-17-18-19-22-25(2,3)23-20-21-24;/h4-23H2,1-3H3;1H/q+1;/p-1. The molecule has 0 aliphatic rings. The molecule has 0 aliphatic heterocycles. The Labute approximate surface area is 177 Å². The molecule has 0 aromatic heterocycles. The first-order chi connectivity index (χ1) is 12.1. The number of nitrogens with zero attached hydrogens (tertiary/aromatic N) is 1. The minimum absolute atomic E-state index is 0. The molecule has 0 spiro atoms. The average Bonchev–Trinajstić information content (AvgIpc) is 2.59. The molecule has 0 aromatic carbocycles. The Balaban J connectivity index is 0. The van der Waals surface area contributed by atoms with E-state index in [2.05, 4.69) is 21.0 Å². The van der Waals surface area contributed by atoms with Crippen molar-refractivity contribution >= 4 is 11.6 Å². The molecule has 0 fully saturated rings. The number of unbranched alkanes of at least 4 members (excludes halogenated alkanes) is 15. The lowest BCUT2D eigenvalue weighted by molar-refractivity contribution is -0.890. The van der Waals surface area contributed by atoms with Gasteiger partial charge in [0, 0.05) is 12.3 Å². The van der Waals surface area contributed by atoms with Gasteiger partial charge in [0.2, 0.25) is 0 Å². The summed E-state index contributed by atoms with van der Waals surface area (Å²) in [6.07, 6.45) is 24.3. The van der Waals surface area contributed by atoms with E-state index in [4.69, 9.17) is 11.6 Å². The van der Waals surface area contributed by atoms with Crippen LogP contribution in [0.1, 0.15) is 116 Å². The summed E-state index contributed by atoms with van der Waals surface area (Å²) in [7, 11) is 4.69. The Morgan fingerprint density at radius 2 is 0.808 bits per heavy atom. The number of halogens is 2. The van der Waals surface area contributed by atoms with E-state index < -0.39 is 0 Å². The minimum atomic E-state index is 0. The fourth-order valence-corrected chi connectivity index (χ4v) is 3.81. The van der Waals surface area contributed by atoms with E-state index in [1.807, 2.05) is 0 Å². The van der Waals surface area contributed by atoms with Crippen molar-refractivity contribution < 1.29 is 16.9 Å². The van der Waals surface area contributed by atoms with Gasteiger partial charge in [-0.15, -0.1) is 11.6 Å². The molecule has 0 N–H and O–H groups in total. The Morgan fingerprint density at radius 3 is 1.15 bits per heavy atom. The number of rotatable bonds is 20. The highest BCUT2D eigenvalue weighted by atomic mass is 35.5. The second kappa shape index (κ2) is 21.8. The number of alkyl halides is 1.